The van der Waals surface area contributed by atoms with Gasteiger partial charge in [0.25, 0.3) is 5.56 Å². The normalized spacial score (nSPS) is 14.3. The van der Waals surface area contributed by atoms with Gasteiger partial charge in [-0.2, -0.15) is 4.52 Å². The van der Waals surface area contributed by atoms with Crippen molar-refractivity contribution in [1.82, 2.24) is 14.6 Å². The smallest absolute Gasteiger partial charge is 0.404 e. The van der Waals surface area contributed by atoms with Crippen LogP contribution in [0.4, 0.5) is 0 Å². The van der Waals surface area contributed by atoms with Gasteiger partial charge < -0.3 is 4.52 Å². The van der Waals surface area contributed by atoms with Crippen LogP contribution in [0.25, 0.3) is 33.6 Å². The summed E-state index contributed by atoms with van der Waals surface area (Å²) in [6.07, 6.45) is 6.44. The molecule has 2 aromatic heterocycles. The fraction of sp³-hybridized carbons (Fsp3) is 0.200. The summed E-state index contributed by atoms with van der Waals surface area (Å²) in [5.74, 6) is 0.0154. The van der Waals surface area contributed by atoms with E-state index in [1.807, 2.05) is 30.3 Å². The Balaban J connectivity index is 1.70. The van der Waals surface area contributed by atoms with Crippen molar-refractivity contribution in [3.8, 4) is 28.1 Å². The number of benzene rings is 2. The first-order valence-corrected chi connectivity index (χ1v) is 12.6. The maximum Gasteiger partial charge on any atom is 0.524 e. The molecular weight excluding hydrogens is 453 g/mol. The first kappa shape index (κ1) is 22.3. The molecule has 0 bridgehead atoms. The number of aryl methyl sites for hydroxylation is 1. The second kappa shape index (κ2) is 8.72. The Hall–Kier alpha value is -3.45. The van der Waals surface area contributed by atoms with Crippen molar-refractivity contribution in [2.45, 2.75) is 32.6 Å². The van der Waals surface area contributed by atoms with Gasteiger partial charge in [0.1, 0.15) is 5.75 Å². The highest BCUT2D eigenvalue weighted by Gasteiger charge is 2.23. The van der Waals surface area contributed by atoms with Crippen LogP contribution in [-0.2, 0) is 4.57 Å². The van der Waals surface area contributed by atoms with Gasteiger partial charge in [-0.05, 0) is 55.9 Å². The van der Waals surface area contributed by atoms with Crippen LogP contribution in [-0.4, -0.2) is 24.4 Å². The van der Waals surface area contributed by atoms with E-state index in [1.54, 1.807) is 19.1 Å². The lowest BCUT2D eigenvalue weighted by Crippen LogP contribution is -2.19. The van der Waals surface area contributed by atoms with Crippen molar-refractivity contribution in [3.05, 3.63) is 82.3 Å². The maximum atomic E-state index is 13.7. The minimum Gasteiger partial charge on any atom is -0.404 e. The van der Waals surface area contributed by atoms with Crippen LogP contribution in [0.3, 0.4) is 0 Å². The van der Waals surface area contributed by atoms with Gasteiger partial charge in [0.15, 0.2) is 5.65 Å². The van der Waals surface area contributed by atoms with E-state index in [0.29, 0.717) is 22.5 Å². The molecule has 0 aliphatic heterocycles. The van der Waals surface area contributed by atoms with E-state index in [9.17, 15) is 9.36 Å². The number of allylic oxidation sites excluding steroid dienone is 2. The number of phosphoric acid groups is 1. The third-order valence-corrected chi connectivity index (χ3v) is 6.45. The minimum atomic E-state index is -4.66. The van der Waals surface area contributed by atoms with Crippen molar-refractivity contribution in [2.75, 3.05) is 0 Å². The Morgan fingerprint density at radius 1 is 1.00 bits per heavy atom. The van der Waals surface area contributed by atoms with Gasteiger partial charge >= 0.3 is 7.82 Å². The summed E-state index contributed by atoms with van der Waals surface area (Å²) in [7, 11) is -4.66. The zero-order chi connectivity index (χ0) is 23.9. The zero-order valence-electron chi connectivity index (χ0n) is 18.6. The lowest BCUT2D eigenvalue weighted by molar-refractivity contribution is 0.283. The summed E-state index contributed by atoms with van der Waals surface area (Å²) in [6, 6.07) is 15.9. The van der Waals surface area contributed by atoms with Crippen LogP contribution in [0.5, 0.6) is 5.75 Å². The molecule has 0 saturated heterocycles. The summed E-state index contributed by atoms with van der Waals surface area (Å²) < 4.78 is 17.2. The fourth-order valence-corrected chi connectivity index (χ4v) is 4.91. The van der Waals surface area contributed by atoms with Crippen molar-refractivity contribution in [1.29, 1.82) is 0 Å². The van der Waals surface area contributed by atoms with E-state index in [1.165, 1.54) is 22.2 Å². The molecule has 0 spiro atoms. The predicted octanol–water partition coefficient (Wildman–Crippen LogP) is 5.09. The van der Waals surface area contributed by atoms with Gasteiger partial charge in [-0.3, -0.25) is 19.7 Å². The number of rotatable bonds is 5. The Morgan fingerprint density at radius 3 is 2.38 bits per heavy atom. The van der Waals surface area contributed by atoms with E-state index in [4.69, 9.17) is 14.8 Å². The molecule has 0 radical (unpaired) electrons. The van der Waals surface area contributed by atoms with Crippen molar-refractivity contribution < 1.29 is 18.9 Å². The molecule has 34 heavy (non-hydrogen) atoms. The third kappa shape index (κ3) is 4.23. The lowest BCUT2D eigenvalue weighted by atomic mass is 9.92. The highest BCUT2D eigenvalue weighted by atomic mass is 31.2. The number of phosphoric ester groups is 1. The average molecular weight is 477 g/mol. The second-order valence-corrected chi connectivity index (χ2v) is 9.51. The third-order valence-electron chi connectivity index (χ3n) is 6.00. The van der Waals surface area contributed by atoms with Crippen LogP contribution in [0.1, 0.15) is 36.9 Å². The van der Waals surface area contributed by atoms with E-state index in [0.717, 1.165) is 42.5 Å². The van der Waals surface area contributed by atoms with Crippen LogP contribution >= 0.6 is 7.82 Å². The number of fused-ring (bicyclic) bond motifs is 1. The lowest BCUT2D eigenvalue weighted by Gasteiger charge is -2.14. The van der Waals surface area contributed by atoms with Crippen LogP contribution in [0.15, 0.2) is 65.5 Å². The quantitative estimate of drug-likeness (QED) is 0.345. The molecule has 9 heteroatoms. The van der Waals surface area contributed by atoms with Gasteiger partial charge in [-0.15, -0.1) is 0 Å². The molecule has 3 N–H and O–H groups in total. The Bertz CT molecular complexity index is 1500. The number of H-pyrrole nitrogens is 1. The summed E-state index contributed by atoms with van der Waals surface area (Å²) in [6.45, 7) is 1.80. The van der Waals surface area contributed by atoms with Crippen LogP contribution in [0.2, 0.25) is 0 Å². The molecule has 0 amide bonds. The molecule has 0 saturated carbocycles. The fourth-order valence-electron chi connectivity index (χ4n) is 4.51. The summed E-state index contributed by atoms with van der Waals surface area (Å²) in [5.41, 5.74) is 5.91. The zero-order valence-corrected chi connectivity index (χ0v) is 19.5. The summed E-state index contributed by atoms with van der Waals surface area (Å²) in [5, 5.41) is 3.30. The average Bonchev–Trinajstić information content (AvgIpc) is 3.20. The molecule has 0 unspecified atom stereocenters. The standard InChI is InChI=1S/C25H24N3O5P/c1-16-21(18-12-14-20(15-13-18)33-34(30,31)32)25(29)28-24(26-16)22(17-8-4-2-5-9-17)23(27-28)19-10-6-3-7-11-19/h3,6-8,10-15,27H,2,4-5,9H2,1H3,(H2,30,31,32). The topological polar surface area (TPSA) is 117 Å². The van der Waals surface area contributed by atoms with E-state index >= 15 is 0 Å². The van der Waals surface area contributed by atoms with E-state index in [-0.39, 0.29) is 11.3 Å². The largest absolute Gasteiger partial charge is 0.524 e. The van der Waals surface area contributed by atoms with Gasteiger partial charge in [0.2, 0.25) is 0 Å². The molecule has 1 aliphatic rings. The first-order chi connectivity index (χ1) is 16.3. The van der Waals surface area contributed by atoms with Crippen molar-refractivity contribution >= 4 is 19.0 Å². The first-order valence-electron chi connectivity index (χ1n) is 11.1. The molecule has 2 heterocycles. The van der Waals surface area contributed by atoms with Crippen molar-refractivity contribution in [3.63, 3.8) is 0 Å². The number of hydrogen-bond donors (Lipinski definition) is 3. The number of hydrogen-bond acceptors (Lipinski definition) is 4. The Kier molecular flexibility index (Phi) is 5.73. The van der Waals surface area contributed by atoms with Gasteiger partial charge in [0, 0.05) is 11.1 Å². The van der Waals surface area contributed by atoms with Crippen LogP contribution in [0, 0.1) is 6.92 Å². The monoisotopic (exact) mass is 477 g/mol. The van der Waals surface area contributed by atoms with Gasteiger partial charge in [-0.1, -0.05) is 48.5 Å². The predicted molar refractivity (Wildman–Crippen MR) is 131 cm³/mol. The number of nitrogens with one attached hydrogen (secondary N) is 1. The molecule has 174 valence electrons. The Labute approximate surface area is 195 Å². The minimum absolute atomic E-state index is 0.0154. The molecule has 8 nitrogen and oxygen atoms in total. The molecule has 5 rings (SSSR count). The molecular formula is C25H24N3O5P. The SMILES string of the molecule is Cc1nc2c(C3=CCCCC3)c(-c3ccccc3)[nH]n2c(=O)c1-c1ccc(OP(=O)(O)O)cc1. The maximum absolute atomic E-state index is 13.7. The molecule has 0 atom stereocenters. The van der Waals surface area contributed by atoms with Gasteiger partial charge in [0.05, 0.1) is 17.0 Å². The molecule has 4 aromatic rings. The molecule has 1 aliphatic carbocycles. The van der Waals surface area contributed by atoms with Crippen molar-refractivity contribution in [2.24, 2.45) is 0 Å². The number of aromatic nitrogens is 3. The molecule has 0 fully saturated rings. The van der Waals surface area contributed by atoms with E-state index < -0.39 is 7.82 Å². The highest BCUT2D eigenvalue weighted by Crippen LogP contribution is 2.39. The number of nitrogens with zero attached hydrogens (tertiary/aromatic N) is 2. The number of aromatic amines is 1. The Morgan fingerprint density at radius 2 is 1.74 bits per heavy atom. The molecule has 2 aromatic carbocycles. The summed E-state index contributed by atoms with van der Waals surface area (Å²) in [4.78, 5) is 36.5. The highest BCUT2D eigenvalue weighted by molar-refractivity contribution is 7.46. The second-order valence-electron chi connectivity index (χ2n) is 8.35. The van der Waals surface area contributed by atoms with Gasteiger partial charge in [-0.25, -0.2) is 9.55 Å². The van der Waals surface area contributed by atoms with Crippen LogP contribution < -0.4 is 10.1 Å². The van der Waals surface area contributed by atoms with E-state index in [2.05, 4.69) is 15.7 Å². The summed E-state index contributed by atoms with van der Waals surface area (Å²) >= 11 is 0.